The van der Waals surface area contributed by atoms with Crippen molar-refractivity contribution < 1.29 is 4.79 Å². The van der Waals surface area contributed by atoms with E-state index in [1.54, 1.807) is 0 Å². The first kappa shape index (κ1) is 15.8. The van der Waals surface area contributed by atoms with E-state index >= 15 is 0 Å². The predicted molar refractivity (Wildman–Crippen MR) is 94.3 cm³/mol. The highest BCUT2D eigenvalue weighted by atomic mass is 16.2. The minimum Gasteiger partial charge on any atom is -0.337 e. The van der Waals surface area contributed by atoms with Crippen molar-refractivity contribution in [3.8, 4) is 0 Å². The van der Waals surface area contributed by atoms with E-state index in [-0.39, 0.29) is 5.91 Å². The van der Waals surface area contributed by atoms with E-state index in [0.29, 0.717) is 11.6 Å². The summed E-state index contributed by atoms with van der Waals surface area (Å²) in [4.78, 5) is 19.2. The van der Waals surface area contributed by atoms with Crippen LogP contribution in [-0.2, 0) is 6.54 Å². The van der Waals surface area contributed by atoms with Gasteiger partial charge in [-0.3, -0.25) is 4.79 Å². The lowest BCUT2D eigenvalue weighted by Crippen LogP contribution is -2.40. The van der Waals surface area contributed by atoms with Gasteiger partial charge < -0.3 is 9.47 Å². The zero-order valence-electron chi connectivity index (χ0n) is 14.6. The molecule has 0 spiro atoms. The molecule has 1 amide bonds. The van der Waals surface area contributed by atoms with Crippen molar-refractivity contribution in [2.24, 2.45) is 0 Å². The number of carbonyl (C=O) groups is 1. The molecule has 7 nitrogen and oxygen atoms in total. The van der Waals surface area contributed by atoms with E-state index in [1.165, 1.54) is 0 Å². The zero-order valence-corrected chi connectivity index (χ0v) is 14.6. The summed E-state index contributed by atoms with van der Waals surface area (Å²) in [7, 11) is 0. The molecule has 0 aliphatic carbocycles. The normalized spacial score (nSPS) is 18.0. The Morgan fingerprint density at radius 1 is 1.36 bits per heavy atom. The number of fused-ring (bicyclic) bond motifs is 1. The summed E-state index contributed by atoms with van der Waals surface area (Å²) in [5, 5.41) is 8.29. The Labute approximate surface area is 146 Å². The van der Waals surface area contributed by atoms with E-state index in [1.807, 2.05) is 54.0 Å². The summed E-state index contributed by atoms with van der Waals surface area (Å²) >= 11 is 0. The average Bonchev–Trinajstić information content (AvgIpc) is 3.26. The molecule has 0 radical (unpaired) electrons. The van der Waals surface area contributed by atoms with E-state index < -0.39 is 0 Å². The Kier molecular flexibility index (Phi) is 3.99. The first-order chi connectivity index (χ1) is 12.2. The minimum atomic E-state index is 0.0652. The van der Waals surface area contributed by atoms with Crippen molar-refractivity contribution in [1.29, 1.82) is 0 Å². The van der Waals surface area contributed by atoms with E-state index in [0.717, 1.165) is 49.3 Å². The maximum Gasteiger partial charge on any atom is 0.254 e. The van der Waals surface area contributed by atoms with Gasteiger partial charge in [0.05, 0.1) is 11.6 Å². The average molecular weight is 338 g/mol. The van der Waals surface area contributed by atoms with Gasteiger partial charge in [-0.2, -0.15) is 0 Å². The molecule has 4 rings (SSSR count). The second-order valence-corrected chi connectivity index (χ2v) is 6.54. The molecule has 0 bridgehead atoms. The highest BCUT2D eigenvalue weighted by Gasteiger charge is 2.26. The molecule has 1 saturated heterocycles. The van der Waals surface area contributed by atoms with Crippen molar-refractivity contribution in [1.82, 2.24) is 29.4 Å². The molecule has 1 atom stereocenters. The molecule has 3 heterocycles. The van der Waals surface area contributed by atoms with Crippen LogP contribution in [0.15, 0.2) is 30.6 Å². The minimum absolute atomic E-state index is 0.0652. The van der Waals surface area contributed by atoms with E-state index in [2.05, 4.69) is 19.9 Å². The fourth-order valence-corrected chi connectivity index (χ4v) is 3.66. The Morgan fingerprint density at radius 3 is 3.00 bits per heavy atom. The van der Waals surface area contributed by atoms with Gasteiger partial charge >= 0.3 is 0 Å². The number of amides is 1. The molecule has 3 aromatic rings. The van der Waals surface area contributed by atoms with Crippen LogP contribution in [0, 0.1) is 6.92 Å². The SMILES string of the molecule is CCn1nnc2cc(C(=O)N3CCCC(n4ccnc4C)C3)ccc21. The van der Waals surface area contributed by atoms with Crippen LogP contribution in [0.25, 0.3) is 11.0 Å². The van der Waals surface area contributed by atoms with Gasteiger partial charge in [-0.15, -0.1) is 5.10 Å². The van der Waals surface area contributed by atoms with Crippen molar-refractivity contribution in [3.63, 3.8) is 0 Å². The Morgan fingerprint density at radius 2 is 2.24 bits per heavy atom. The molecule has 0 saturated carbocycles. The van der Waals surface area contributed by atoms with Crippen LogP contribution < -0.4 is 0 Å². The van der Waals surface area contributed by atoms with Crippen LogP contribution in [-0.4, -0.2) is 48.4 Å². The van der Waals surface area contributed by atoms with Crippen molar-refractivity contribution in [2.45, 2.75) is 39.3 Å². The van der Waals surface area contributed by atoms with Gasteiger partial charge in [0.2, 0.25) is 0 Å². The number of imidazole rings is 1. The summed E-state index contributed by atoms with van der Waals surface area (Å²) in [5.74, 6) is 1.06. The zero-order chi connectivity index (χ0) is 17.4. The lowest BCUT2D eigenvalue weighted by molar-refractivity contribution is 0.0678. The molecular weight excluding hydrogens is 316 g/mol. The number of aryl methyl sites for hydroxylation is 2. The van der Waals surface area contributed by atoms with Gasteiger partial charge in [0.1, 0.15) is 11.3 Å². The first-order valence-corrected chi connectivity index (χ1v) is 8.79. The molecular formula is C18H22N6O. The quantitative estimate of drug-likeness (QED) is 0.735. The number of rotatable bonds is 3. The van der Waals surface area contributed by atoms with E-state index in [4.69, 9.17) is 0 Å². The third-order valence-corrected chi connectivity index (χ3v) is 5.00. The smallest absolute Gasteiger partial charge is 0.254 e. The number of hydrogen-bond donors (Lipinski definition) is 0. The monoisotopic (exact) mass is 338 g/mol. The highest BCUT2D eigenvalue weighted by Crippen LogP contribution is 2.24. The maximum absolute atomic E-state index is 13.0. The number of aromatic nitrogens is 5. The standard InChI is InChI=1S/C18H22N6O/c1-3-24-17-7-6-14(11-16(17)20-21-24)18(25)22-9-4-5-15(12-22)23-10-8-19-13(23)2/h6-8,10-11,15H,3-5,9,12H2,1-2H3. The topological polar surface area (TPSA) is 68.8 Å². The molecule has 1 aliphatic heterocycles. The fraction of sp³-hybridized carbons (Fsp3) is 0.444. The summed E-state index contributed by atoms with van der Waals surface area (Å²) < 4.78 is 4.01. The second kappa shape index (κ2) is 6.31. The highest BCUT2D eigenvalue weighted by molar-refractivity contribution is 5.97. The predicted octanol–water partition coefficient (Wildman–Crippen LogP) is 2.43. The summed E-state index contributed by atoms with van der Waals surface area (Å²) in [6, 6.07) is 5.97. The van der Waals surface area contributed by atoms with Crippen LogP contribution in [0.5, 0.6) is 0 Å². The van der Waals surface area contributed by atoms with Gasteiger partial charge in [0, 0.05) is 37.6 Å². The van der Waals surface area contributed by atoms with Gasteiger partial charge in [0.15, 0.2) is 0 Å². The number of benzene rings is 1. The molecule has 1 aromatic carbocycles. The van der Waals surface area contributed by atoms with Crippen molar-refractivity contribution >= 4 is 16.9 Å². The van der Waals surface area contributed by atoms with Gasteiger partial charge in [-0.05, 0) is 44.9 Å². The number of nitrogens with zero attached hydrogens (tertiary/aromatic N) is 6. The third kappa shape index (κ3) is 2.79. The summed E-state index contributed by atoms with van der Waals surface area (Å²) in [6.07, 6.45) is 5.90. The first-order valence-electron chi connectivity index (χ1n) is 8.79. The Balaban J connectivity index is 1.57. The molecule has 7 heteroatoms. The van der Waals surface area contributed by atoms with Gasteiger partial charge in [0.25, 0.3) is 5.91 Å². The van der Waals surface area contributed by atoms with Crippen LogP contribution in [0.4, 0.5) is 0 Å². The van der Waals surface area contributed by atoms with Crippen molar-refractivity contribution in [3.05, 3.63) is 42.0 Å². The van der Waals surface area contributed by atoms with Gasteiger partial charge in [-0.25, -0.2) is 9.67 Å². The van der Waals surface area contributed by atoms with E-state index in [9.17, 15) is 4.79 Å². The number of likely N-dealkylation sites (tertiary alicyclic amines) is 1. The van der Waals surface area contributed by atoms with Crippen LogP contribution in [0.2, 0.25) is 0 Å². The van der Waals surface area contributed by atoms with Gasteiger partial charge in [-0.1, -0.05) is 5.21 Å². The molecule has 1 unspecified atom stereocenters. The fourth-order valence-electron chi connectivity index (χ4n) is 3.66. The van der Waals surface area contributed by atoms with Crippen LogP contribution in [0.3, 0.4) is 0 Å². The number of piperidine rings is 1. The number of carbonyl (C=O) groups excluding carboxylic acids is 1. The molecule has 130 valence electrons. The molecule has 25 heavy (non-hydrogen) atoms. The summed E-state index contributed by atoms with van der Waals surface area (Å²) in [5.41, 5.74) is 2.41. The Hall–Kier alpha value is -2.70. The number of hydrogen-bond acceptors (Lipinski definition) is 4. The lowest BCUT2D eigenvalue weighted by atomic mass is 10.0. The molecule has 1 fully saturated rings. The lowest BCUT2D eigenvalue weighted by Gasteiger charge is -2.34. The molecule has 1 aliphatic rings. The second-order valence-electron chi connectivity index (χ2n) is 6.54. The van der Waals surface area contributed by atoms with Crippen LogP contribution >= 0.6 is 0 Å². The van der Waals surface area contributed by atoms with Crippen LogP contribution in [0.1, 0.15) is 42.0 Å². The molecule has 0 N–H and O–H groups in total. The van der Waals surface area contributed by atoms with Crippen molar-refractivity contribution in [2.75, 3.05) is 13.1 Å². The summed E-state index contributed by atoms with van der Waals surface area (Å²) in [6.45, 7) is 6.31. The third-order valence-electron chi connectivity index (χ3n) is 5.00. The largest absolute Gasteiger partial charge is 0.337 e. The maximum atomic E-state index is 13.0. The molecule has 2 aromatic heterocycles. The Bertz CT molecular complexity index is 911.